The number of amides is 2. The van der Waals surface area contributed by atoms with Crippen LogP contribution < -0.4 is 10.1 Å². The molecule has 2 rings (SSSR count). The quantitative estimate of drug-likeness (QED) is 0.897. The number of carbonyl (C=O) groups excluding carboxylic acids is 1. The Morgan fingerprint density at radius 1 is 1.59 bits per heavy atom. The molecule has 2 N–H and O–H groups in total. The van der Waals surface area contributed by atoms with Crippen molar-refractivity contribution in [1.29, 1.82) is 0 Å². The SMILES string of the molecule is COc1cccc(F)c1[C@H](C)NC(=O)N1CCC[C@@H](CO)C1. The Morgan fingerprint density at radius 3 is 3.05 bits per heavy atom. The molecule has 1 fully saturated rings. The van der Waals surface area contributed by atoms with Gasteiger partial charge in [-0.3, -0.25) is 0 Å². The number of methoxy groups -OCH3 is 1. The number of carbonyl (C=O) groups is 1. The normalized spacial score (nSPS) is 19.6. The van der Waals surface area contributed by atoms with Gasteiger partial charge in [0.05, 0.1) is 18.7 Å². The van der Waals surface area contributed by atoms with Crippen molar-refractivity contribution in [2.75, 3.05) is 26.8 Å². The summed E-state index contributed by atoms with van der Waals surface area (Å²) >= 11 is 0. The number of ether oxygens (including phenoxy) is 1. The third kappa shape index (κ3) is 3.68. The molecule has 6 heteroatoms. The van der Waals surface area contributed by atoms with Gasteiger partial charge in [-0.1, -0.05) is 6.07 Å². The van der Waals surface area contributed by atoms with E-state index in [0.717, 1.165) is 12.8 Å². The Bertz CT molecular complexity index is 524. The lowest BCUT2D eigenvalue weighted by Crippen LogP contribution is -2.46. The van der Waals surface area contributed by atoms with Crippen LogP contribution >= 0.6 is 0 Å². The van der Waals surface area contributed by atoms with Gasteiger partial charge in [-0.05, 0) is 37.8 Å². The van der Waals surface area contributed by atoms with Crippen LogP contribution in [0.5, 0.6) is 5.75 Å². The van der Waals surface area contributed by atoms with E-state index < -0.39 is 11.9 Å². The summed E-state index contributed by atoms with van der Waals surface area (Å²) in [6.07, 6.45) is 1.80. The number of hydrogen-bond donors (Lipinski definition) is 2. The van der Waals surface area contributed by atoms with E-state index >= 15 is 0 Å². The van der Waals surface area contributed by atoms with Crippen LogP contribution in [-0.4, -0.2) is 42.8 Å². The van der Waals surface area contributed by atoms with E-state index in [1.54, 1.807) is 24.0 Å². The molecule has 0 aromatic heterocycles. The van der Waals surface area contributed by atoms with Crippen LogP contribution in [0.15, 0.2) is 18.2 Å². The topological polar surface area (TPSA) is 61.8 Å². The summed E-state index contributed by atoms with van der Waals surface area (Å²) in [6, 6.07) is 3.85. The number of rotatable bonds is 4. The van der Waals surface area contributed by atoms with Crippen LogP contribution in [0.4, 0.5) is 9.18 Å². The number of piperidine rings is 1. The van der Waals surface area contributed by atoms with Crippen molar-refractivity contribution in [3.8, 4) is 5.75 Å². The van der Waals surface area contributed by atoms with Crippen molar-refractivity contribution in [1.82, 2.24) is 10.2 Å². The number of urea groups is 1. The second kappa shape index (κ2) is 7.45. The lowest BCUT2D eigenvalue weighted by molar-refractivity contribution is 0.128. The molecule has 1 aliphatic heterocycles. The number of nitrogens with one attached hydrogen (secondary N) is 1. The van der Waals surface area contributed by atoms with E-state index in [0.29, 0.717) is 24.4 Å². The molecule has 22 heavy (non-hydrogen) atoms. The summed E-state index contributed by atoms with van der Waals surface area (Å²) in [5, 5.41) is 12.0. The highest BCUT2D eigenvalue weighted by atomic mass is 19.1. The molecule has 0 saturated carbocycles. The molecule has 1 aromatic carbocycles. The molecule has 0 bridgehead atoms. The molecule has 0 aliphatic carbocycles. The van der Waals surface area contributed by atoms with Crippen molar-refractivity contribution < 1.29 is 19.0 Å². The van der Waals surface area contributed by atoms with Crippen LogP contribution in [0, 0.1) is 11.7 Å². The predicted octanol–water partition coefficient (Wildman–Crippen LogP) is 2.31. The highest BCUT2D eigenvalue weighted by Gasteiger charge is 2.25. The molecule has 2 atom stereocenters. The number of benzene rings is 1. The Labute approximate surface area is 130 Å². The highest BCUT2D eigenvalue weighted by Crippen LogP contribution is 2.28. The molecule has 0 spiro atoms. The smallest absolute Gasteiger partial charge is 0.317 e. The first-order valence-electron chi connectivity index (χ1n) is 7.55. The summed E-state index contributed by atoms with van der Waals surface area (Å²) in [6.45, 7) is 3.00. The van der Waals surface area contributed by atoms with Crippen LogP contribution in [0.3, 0.4) is 0 Å². The summed E-state index contributed by atoms with van der Waals surface area (Å²) < 4.78 is 19.2. The average molecular weight is 310 g/mol. The van der Waals surface area contributed by atoms with Crippen LogP contribution in [0.25, 0.3) is 0 Å². The van der Waals surface area contributed by atoms with E-state index in [1.807, 2.05) is 0 Å². The molecular formula is C16H23FN2O3. The molecule has 1 aromatic rings. The van der Waals surface area contributed by atoms with E-state index in [4.69, 9.17) is 4.74 Å². The summed E-state index contributed by atoms with van der Waals surface area (Å²) in [4.78, 5) is 14.0. The number of hydrogen-bond acceptors (Lipinski definition) is 3. The maximum atomic E-state index is 14.0. The highest BCUT2D eigenvalue weighted by molar-refractivity contribution is 5.75. The molecule has 0 radical (unpaired) electrons. The van der Waals surface area contributed by atoms with Gasteiger partial charge in [0, 0.05) is 19.7 Å². The lowest BCUT2D eigenvalue weighted by Gasteiger charge is -2.33. The minimum Gasteiger partial charge on any atom is -0.496 e. The lowest BCUT2D eigenvalue weighted by atomic mass is 9.99. The molecule has 1 aliphatic rings. The van der Waals surface area contributed by atoms with E-state index in [9.17, 15) is 14.3 Å². The van der Waals surface area contributed by atoms with Gasteiger partial charge in [-0.15, -0.1) is 0 Å². The van der Waals surface area contributed by atoms with Crippen molar-refractivity contribution in [2.24, 2.45) is 5.92 Å². The fourth-order valence-corrected chi connectivity index (χ4v) is 2.86. The number of halogens is 1. The second-order valence-electron chi connectivity index (χ2n) is 5.66. The summed E-state index contributed by atoms with van der Waals surface area (Å²) in [5.41, 5.74) is 0.342. The van der Waals surface area contributed by atoms with Crippen LogP contribution in [-0.2, 0) is 0 Å². The van der Waals surface area contributed by atoms with E-state index in [2.05, 4.69) is 5.32 Å². The van der Waals surface area contributed by atoms with E-state index in [-0.39, 0.29) is 18.6 Å². The van der Waals surface area contributed by atoms with Gasteiger partial charge in [0.1, 0.15) is 11.6 Å². The van der Waals surface area contributed by atoms with Crippen molar-refractivity contribution in [3.05, 3.63) is 29.6 Å². The van der Waals surface area contributed by atoms with Crippen molar-refractivity contribution in [2.45, 2.75) is 25.8 Å². The third-order valence-electron chi connectivity index (χ3n) is 4.07. The maximum Gasteiger partial charge on any atom is 0.317 e. The average Bonchev–Trinajstić information content (AvgIpc) is 2.54. The molecule has 5 nitrogen and oxygen atoms in total. The molecule has 1 saturated heterocycles. The Morgan fingerprint density at radius 2 is 2.36 bits per heavy atom. The zero-order valence-corrected chi connectivity index (χ0v) is 13.0. The standard InChI is InChI=1S/C16H23FN2O3/c1-11(15-13(17)6-3-7-14(15)22-2)18-16(21)19-8-4-5-12(9-19)10-20/h3,6-7,11-12,20H,4-5,8-10H2,1-2H3,(H,18,21)/t11-,12+/m0/s1. The maximum absolute atomic E-state index is 14.0. The fraction of sp³-hybridized carbons (Fsp3) is 0.562. The molecular weight excluding hydrogens is 287 g/mol. The van der Waals surface area contributed by atoms with E-state index in [1.165, 1.54) is 13.2 Å². The molecule has 122 valence electrons. The summed E-state index contributed by atoms with van der Waals surface area (Å²) in [5.74, 6) is 0.136. The number of aliphatic hydroxyl groups is 1. The van der Waals surface area contributed by atoms with Crippen LogP contribution in [0.2, 0.25) is 0 Å². The Balaban J connectivity index is 2.05. The van der Waals surface area contributed by atoms with Gasteiger partial charge in [-0.2, -0.15) is 0 Å². The van der Waals surface area contributed by atoms with Gasteiger partial charge >= 0.3 is 6.03 Å². The molecule has 0 unspecified atom stereocenters. The molecule has 2 amide bonds. The van der Waals surface area contributed by atoms with Crippen molar-refractivity contribution >= 4 is 6.03 Å². The van der Waals surface area contributed by atoms with Gasteiger partial charge < -0.3 is 20.1 Å². The first-order chi connectivity index (χ1) is 10.6. The minimum absolute atomic E-state index is 0.0838. The first kappa shape index (κ1) is 16.5. The zero-order valence-electron chi connectivity index (χ0n) is 13.0. The monoisotopic (exact) mass is 310 g/mol. The summed E-state index contributed by atoms with van der Waals surface area (Å²) in [7, 11) is 1.48. The first-order valence-corrected chi connectivity index (χ1v) is 7.55. The Hall–Kier alpha value is -1.82. The van der Waals surface area contributed by atoms with Crippen LogP contribution in [0.1, 0.15) is 31.4 Å². The number of nitrogens with zero attached hydrogens (tertiary/aromatic N) is 1. The van der Waals surface area contributed by atoms with Gasteiger partial charge in [0.15, 0.2) is 0 Å². The largest absolute Gasteiger partial charge is 0.496 e. The van der Waals surface area contributed by atoms with Gasteiger partial charge in [0.2, 0.25) is 0 Å². The van der Waals surface area contributed by atoms with Crippen molar-refractivity contribution in [3.63, 3.8) is 0 Å². The Kier molecular flexibility index (Phi) is 5.60. The predicted molar refractivity (Wildman–Crippen MR) is 81.3 cm³/mol. The van der Waals surface area contributed by atoms with Gasteiger partial charge in [-0.25, -0.2) is 9.18 Å². The number of likely N-dealkylation sites (tertiary alicyclic amines) is 1. The second-order valence-corrected chi connectivity index (χ2v) is 5.66. The third-order valence-corrected chi connectivity index (χ3v) is 4.07. The molecule has 1 heterocycles. The van der Waals surface area contributed by atoms with Gasteiger partial charge in [0.25, 0.3) is 0 Å². The minimum atomic E-state index is -0.502. The zero-order chi connectivity index (χ0) is 16.1. The number of aliphatic hydroxyl groups excluding tert-OH is 1. The fourth-order valence-electron chi connectivity index (χ4n) is 2.86.